The van der Waals surface area contributed by atoms with Crippen molar-refractivity contribution in [2.45, 2.75) is 13.8 Å². The van der Waals surface area contributed by atoms with Crippen molar-refractivity contribution in [2.75, 3.05) is 18.0 Å². The van der Waals surface area contributed by atoms with E-state index in [0.29, 0.717) is 27.3 Å². The first-order chi connectivity index (χ1) is 18.0. The summed E-state index contributed by atoms with van der Waals surface area (Å²) in [5.74, 6) is 0. The summed E-state index contributed by atoms with van der Waals surface area (Å²) in [6.45, 7) is 5.69. The minimum Gasteiger partial charge on any atom is -0.422 e. The van der Waals surface area contributed by atoms with Crippen LogP contribution in [0.25, 0.3) is 54.7 Å². The van der Waals surface area contributed by atoms with Crippen LogP contribution in [0.2, 0.25) is 0 Å². The van der Waals surface area contributed by atoms with Crippen LogP contribution >= 0.6 is 0 Å². The molecule has 0 N–H and O–H groups in total. The van der Waals surface area contributed by atoms with E-state index in [1.54, 1.807) is 24.3 Å². The third kappa shape index (κ3) is 3.46. The SMILES string of the molecule is CCN(CC)c1ccc2c(C#N)c(-c3cc4c(cn3)c(=O)oc3ccc5ccccc5c34)c(=O)oc2c1. The van der Waals surface area contributed by atoms with Crippen LogP contribution in [0.3, 0.4) is 0 Å². The number of fused-ring (bicyclic) bond motifs is 6. The molecule has 0 fully saturated rings. The fourth-order valence-corrected chi connectivity index (χ4v) is 5.05. The Labute approximate surface area is 210 Å². The molecule has 0 saturated carbocycles. The van der Waals surface area contributed by atoms with Gasteiger partial charge in [-0.05, 0) is 48.9 Å². The summed E-state index contributed by atoms with van der Waals surface area (Å²) in [5.41, 5.74) is 1.00. The maximum Gasteiger partial charge on any atom is 0.347 e. The molecule has 37 heavy (non-hydrogen) atoms. The number of pyridine rings is 1. The van der Waals surface area contributed by atoms with Crippen LogP contribution in [0.1, 0.15) is 19.4 Å². The smallest absolute Gasteiger partial charge is 0.347 e. The van der Waals surface area contributed by atoms with Crippen LogP contribution in [0.4, 0.5) is 5.69 Å². The normalized spacial score (nSPS) is 11.4. The second kappa shape index (κ2) is 8.61. The van der Waals surface area contributed by atoms with Gasteiger partial charge < -0.3 is 13.7 Å². The molecular weight excluding hydrogens is 466 g/mol. The molecule has 7 heteroatoms. The van der Waals surface area contributed by atoms with Crippen molar-refractivity contribution in [1.82, 2.24) is 4.98 Å². The Bertz CT molecular complexity index is 2030. The van der Waals surface area contributed by atoms with Crippen LogP contribution in [0.15, 0.2) is 85.3 Å². The molecule has 6 rings (SSSR count). The van der Waals surface area contributed by atoms with Gasteiger partial charge in [0.2, 0.25) is 0 Å². The summed E-state index contributed by atoms with van der Waals surface area (Å²) in [6.07, 6.45) is 1.39. The lowest BCUT2D eigenvalue weighted by atomic mass is 9.98. The van der Waals surface area contributed by atoms with Crippen molar-refractivity contribution < 1.29 is 8.83 Å². The predicted octanol–water partition coefficient (Wildman–Crippen LogP) is 5.99. The standard InChI is InChI=1S/C30H21N3O4/c1-3-33(4-2)18-10-11-20-22(15-31)28(30(35)37-26(20)13-18)24-14-21-23(16-32-24)29(34)36-25-12-9-17-7-5-6-8-19(17)27(21)25/h5-14,16H,3-4H2,1-2H3. The zero-order chi connectivity index (χ0) is 25.7. The molecule has 6 aromatic rings. The number of hydrogen-bond acceptors (Lipinski definition) is 7. The maximum atomic E-state index is 13.3. The van der Waals surface area contributed by atoms with Gasteiger partial charge in [-0.3, -0.25) is 4.98 Å². The van der Waals surface area contributed by atoms with E-state index in [1.807, 2.05) is 50.2 Å². The van der Waals surface area contributed by atoms with E-state index in [1.165, 1.54) is 6.20 Å². The molecule has 0 aliphatic heterocycles. The highest BCUT2D eigenvalue weighted by Gasteiger charge is 2.20. The van der Waals surface area contributed by atoms with Gasteiger partial charge in [-0.2, -0.15) is 5.26 Å². The molecule has 3 aromatic carbocycles. The number of hydrogen-bond donors (Lipinski definition) is 0. The van der Waals surface area contributed by atoms with Crippen LogP contribution in [0.5, 0.6) is 0 Å². The van der Waals surface area contributed by atoms with Gasteiger partial charge in [0.1, 0.15) is 22.8 Å². The first kappa shape index (κ1) is 22.5. The zero-order valence-corrected chi connectivity index (χ0v) is 20.2. The Kier molecular flexibility index (Phi) is 5.24. The highest BCUT2D eigenvalue weighted by atomic mass is 16.4. The van der Waals surface area contributed by atoms with Crippen LogP contribution in [-0.4, -0.2) is 18.1 Å². The van der Waals surface area contributed by atoms with Gasteiger partial charge in [0.15, 0.2) is 0 Å². The highest BCUT2D eigenvalue weighted by molar-refractivity contribution is 6.18. The molecule has 3 aromatic heterocycles. The molecule has 0 unspecified atom stereocenters. The zero-order valence-electron chi connectivity index (χ0n) is 20.2. The molecule has 0 saturated heterocycles. The van der Waals surface area contributed by atoms with E-state index in [4.69, 9.17) is 8.83 Å². The molecule has 3 heterocycles. The van der Waals surface area contributed by atoms with Gasteiger partial charge in [0, 0.05) is 47.2 Å². The minimum atomic E-state index is -0.662. The monoisotopic (exact) mass is 487 g/mol. The fraction of sp³-hybridized carbons (Fsp3) is 0.133. The molecule has 180 valence electrons. The summed E-state index contributed by atoms with van der Waals surface area (Å²) in [4.78, 5) is 32.5. The van der Waals surface area contributed by atoms with Crippen molar-refractivity contribution >= 4 is 49.2 Å². The van der Waals surface area contributed by atoms with E-state index in [2.05, 4.69) is 16.0 Å². The quantitative estimate of drug-likeness (QED) is 0.222. The maximum absolute atomic E-state index is 13.3. The van der Waals surface area contributed by atoms with E-state index < -0.39 is 11.3 Å². The van der Waals surface area contributed by atoms with Gasteiger partial charge >= 0.3 is 11.3 Å². The average Bonchev–Trinajstić information content (AvgIpc) is 2.92. The van der Waals surface area contributed by atoms with Crippen molar-refractivity contribution in [3.63, 3.8) is 0 Å². The second-order valence-electron chi connectivity index (χ2n) is 8.77. The third-order valence-electron chi connectivity index (χ3n) is 6.87. The Balaban J connectivity index is 1.67. The number of benzene rings is 3. The largest absolute Gasteiger partial charge is 0.422 e. The first-order valence-electron chi connectivity index (χ1n) is 12.0. The van der Waals surface area contributed by atoms with Crippen LogP contribution < -0.4 is 16.2 Å². The van der Waals surface area contributed by atoms with Crippen molar-refractivity contribution in [3.05, 3.63) is 93.3 Å². The van der Waals surface area contributed by atoms with Crippen LogP contribution in [-0.2, 0) is 0 Å². The number of nitrogens with zero attached hydrogens (tertiary/aromatic N) is 3. The highest BCUT2D eigenvalue weighted by Crippen LogP contribution is 2.34. The van der Waals surface area contributed by atoms with Crippen molar-refractivity contribution in [1.29, 1.82) is 5.26 Å². The second-order valence-corrected chi connectivity index (χ2v) is 8.77. The molecule has 0 radical (unpaired) electrons. The Morgan fingerprint density at radius 3 is 2.41 bits per heavy atom. The molecule has 0 aliphatic carbocycles. The molecule has 0 bridgehead atoms. The first-order valence-corrected chi connectivity index (χ1v) is 12.0. The Hall–Kier alpha value is -4.96. The molecule has 0 amide bonds. The van der Waals surface area contributed by atoms with Crippen LogP contribution in [0, 0.1) is 11.3 Å². The van der Waals surface area contributed by atoms with Gasteiger partial charge in [0.05, 0.1) is 16.6 Å². The molecule has 0 atom stereocenters. The van der Waals surface area contributed by atoms with Gasteiger partial charge in [-0.25, -0.2) is 9.59 Å². The third-order valence-corrected chi connectivity index (χ3v) is 6.87. The summed E-state index contributed by atoms with van der Waals surface area (Å²) >= 11 is 0. The number of aromatic nitrogens is 1. The summed E-state index contributed by atoms with van der Waals surface area (Å²) in [5, 5.41) is 14.1. The molecular formula is C30H21N3O4. The molecule has 0 spiro atoms. The fourth-order valence-electron chi connectivity index (χ4n) is 5.05. The molecule has 7 nitrogen and oxygen atoms in total. The summed E-state index contributed by atoms with van der Waals surface area (Å²) in [7, 11) is 0. The van der Waals surface area contributed by atoms with E-state index in [9.17, 15) is 14.9 Å². The Morgan fingerprint density at radius 2 is 1.62 bits per heavy atom. The predicted molar refractivity (Wildman–Crippen MR) is 145 cm³/mol. The lowest BCUT2D eigenvalue weighted by molar-refractivity contribution is 0.562. The van der Waals surface area contributed by atoms with Crippen molar-refractivity contribution in [3.8, 4) is 17.3 Å². The van der Waals surface area contributed by atoms with Crippen molar-refractivity contribution in [2.24, 2.45) is 0 Å². The van der Waals surface area contributed by atoms with Gasteiger partial charge in [-0.15, -0.1) is 0 Å². The van der Waals surface area contributed by atoms with E-state index in [0.717, 1.165) is 34.9 Å². The minimum absolute atomic E-state index is 0.0640. The lowest BCUT2D eigenvalue weighted by Crippen LogP contribution is -2.21. The topological polar surface area (TPSA) is 100 Å². The number of rotatable bonds is 4. The van der Waals surface area contributed by atoms with Gasteiger partial charge in [-0.1, -0.05) is 30.3 Å². The van der Waals surface area contributed by atoms with Gasteiger partial charge in [0.25, 0.3) is 0 Å². The van der Waals surface area contributed by atoms with E-state index >= 15 is 0 Å². The Morgan fingerprint density at radius 1 is 0.838 bits per heavy atom. The summed E-state index contributed by atoms with van der Waals surface area (Å²) in [6, 6.07) is 20.8. The molecule has 0 aliphatic rings. The number of anilines is 1. The summed E-state index contributed by atoms with van der Waals surface area (Å²) < 4.78 is 11.3. The lowest BCUT2D eigenvalue weighted by Gasteiger charge is -2.21. The average molecular weight is 488 g/mol. The number of nitriles is 1. The van der Waals surface area contributed by atoms with E-state index in [-0.39, 0.29) is 16.8 Å².